The molecule has 2 nitrogen and oxygen atoms in total. The molecule has 4 unspecified atom stereocenters. The van der Waals surface area contributed by atoms with Crippen LogP contribution in [0.15, 0.2) is 43.0 Å². The number of ether oxygens (including phenoxy) is 2. The predicted molar refractivity (Wildman–Crippen MR) is 88.6 cm³/mol. The van der Waals surface area contributed by atoms with E-state index in [9.17, 15) is 0 Å². The van der Waals surface area contributed by atoms with Crippen molar-refractivity contribution in [1.82, 2.24) is 0 Å². The lowest BCUT2D eigenvalue weighted by atomic mass is 9.77. The van der Waals surface area contributed by atoms with Gasteiger partial charge in [0.15, 0.2) is 0 Å². The van der Waals surface area contributed by atoms with Crippen LogP contribution in [0.4, 0.5) is 0 Å². The molecule has 0 N–H and O–H groups in total. The summed E-state index contributed by atoms with van der Waals surface area (Å²) in [5, 5.41) is 0. The third kappa shape index (κ3) is 2.01. The molecule has 2 heterocycles. The molecule has 2 heteroatoms. The summed E-state index contributed by atoms with van der Waals surface area (Å²) in [7, 11) is 0. The summed E-state index contributed by atoms with van der Waals surface area (Å²) in [6.07, 6.45) is 11.8. The van der Waals surface area contributed by atoms with Crippen LogP contribution in [0.25, 0.3) is 6.08 Å². The van der Waals surface area contributed by atoms with Crippen LogP contribution < -0.4 is 0 Å². The van der Waals surface area contributed by atoms with Crippen molar-refractivity contribution >= 4 is 6.08 Å². The Morgan fingerprint density at radius 3 is 3.05 bits per heavy atom. The molecule has 2 fully saturated rings. The van der Waals surface area contributed by atoms with E-state index in [-0.39, 0.29) is 23.4 Å². The van der Waals surface area contributed by atoms with E-state index in [4.69, 9.17) is 9.47 Å². The molecule has 2 aliphatic heterocycles. The summed E-state index contributed by atoms with van der Waals surface area (Å²) in [6.45, 7) is 6.14. The number of benzene rings is 1. The molecule has 4 atom stereocenters. The van der Waals surface area contributed by atoms with Gasteiger partial charge in [0.2, 0.25) is 0 Å². The summed E-state index contributed by atoms with van der Waals surface area (Å²) < 4.78 is 13.1. The third-order valence-corrected chi connectivity index (χ3v) is 5.75. The van der Waals surface area contributed by atoms with Crippen molar-refractivity contribution in [2.24, 2.45) is 0 Å². The van der Waals surface area contributed by atoms with Gasteiger partial charge < -0.3 is 9.47 Å². The van der Waals surface area contributed by atoms with Gasteiger partial charge in [-0.1, -0.05) is 49.4 Å². The van der Waals surface area contributed by atoms with Gasteiger partial charge in [-0.15, -0.1) is 6.58 Å². The highest BCUT2D eigenvalue weighted by atomic mass is 16.6. The first-order valence-corrected chi connectivity index (χ1v) is 8.44. The third-order valence-electron chi connectivity index (χ3n) is 5.75. The normalized spacial score (nSPS) is 38.4. The molecule has 0 radical (unpaired) electrons. The average molecular weight is 296 g/mol. The predicted octanol–water partition coefficient (Wildman–Crippen LogP) is 4.82. The van der Waals surface area contributed by atoms with Gasteiger partial charge in [-0.3, -0.25) is 0 Å². The second-order valence-corrected chi connectivity index (χ2v) is 6.93. The first kappa shape index (κ1) is 14.2. The Balaban J connectivity index is 1.57. The van der Waals surface area contributed by atoms with Gasteiger partial charge in [0.1, 0.15) is 6.10 Å². The largest absolute Gasteiger partial charge is 0.365 e. The second kappa shape index (κ2) is 5.07. The quantitative estimate of drug-likeness (QED) is 0.725. The zero-order valence-electron chi connectivity index (χ0n) is 13.3. The Bertz CT molecular complexity index is 620. The van der Waals surface area contributed by atoms with Crippen molar-refractivity contribution in [3.63, 3.8) is 0 Å². The van der Waals surface area contributed by atoms with E-state index in [1.54, 1.807) is 0 Å². The zero-order chi connectivity index (χ0) is 15.2. The molecule has 1 aliphatic carbocycles. The highest BCUT2D eigenvalue weighted by molar-refractivity contribution is 5.61. The van der Waals surface area contributed by atoms with Crippen LogP contribution in [0, 0.1) is 0 Å². The van der Waals surface area contributed by atoms with Crippen LogP contribution in [0.3, 0.4) is 0 Å². The highest BCUT2D eigenvalue weighted by Gasteiger charge is 2.60. The molecule has 22 heavy (non-hydrogen) atoms. The fourth-order valence-corrected chi connectivity index (χ4v) is 4.52. The molecule has 0 aromatic heterocycles. The smallest absolute Gasteiger partial charge is 0.102 e. The maximum absolute atomic E-state index is 6.55. The van der Waals surface area contributed by atoms with Gasteiger partial charge in [-0.05, 0) is 36.8 Å². The van der Waals surface area contributed by atoms with Gasteiger partial charge >= 0.3 is 0 Å². The van der Waals surface area contributed by atoms with Crippen molar-refractivity contribution in [2.45, 2.75) is 62.4 Å². The maximum atomic E-state index is 6.55. The second-order valence-electron chi connectivity index (χ2n) is 6.93. The minimum Gasteiger partial charge on any atom is -0.365 e. The van der Waals surface area contributed by atoms with E-state index in [1.165, 1.54) is 11.1 Å². The number of rotatable bonds is 5. The number of fused-ring (bicyclic) bond motifs is 3. The molecule has 1 aromatic carbocycles. The molecule has 1 aromatic rings. The summed E-state index contributed by atoms with van der Waals surface area (Å²) in [5.41, 5.74) is 2.45. The van der Waals surface area contributed by atoms with Gasteiger partial charge in [-0.2, -0.15) is 0 Å². The molecule has 2 bridgehead atoms. The van der Waals surface area contributed by atoms with E-state index in [2.05, 4.69) is 49.9 Å². The van der Waals surface area contributed by atoms with Crippen LogP contribution in [0.1, 0.15) is 56.3 Å². The van der Waals surface area contributed by atoms with Crippen LogP contribution in [0.2, 0.25) is 0 Å². The molecule has 0 amide bonds. The highest BCUT2D eigenvalue weighted by Crippen LogP contribution is 2.56. The van der Waals surface area contributed by atoms with Crippen molar-refractivity contribution < 1.29 is 9.47 Å². The van der Waals surface area contributed by atoms with E-state index >= 15 is 0 Å². The van der Waals surface area contributed by atoms with Crippen molar-refractivity contribution in [3.8, 4) is 0 Å². The lowest BCUT2D eigenvalue weighted by Crippen LogP contribution is -2.40. The molecule has 0 saturated carbocycles. The first-order valence-electron chi connectivity index (χ1n) is 8.44. The van der Waals surface area contributed by atoms with Crippen LogP contribution in [-0.4, -0.2) is 17.3 Å². The van der Waals surface area contributed by atoms with Crippen LogP contribution >= 0.6 is 0 Å². The summed E-state index contributed by atoms with van der Waals surface area (Å²) in [4.78, 5) is 0. The Hall–Kier alpha value is -1.38. The monoisotopic (exact) mass is 296 g/mol. The van der Waals surface area contributed by atoms with Crippen molar-refractivity contribution in [1.29, 1.82) is 0 Å². The number of hydrogen-bond acceptors (Lipinski definition) is 2. The summed E-state index contributed by atoms with van der Waals surface area (Å²) in [6, 6.07) is 8.50. The molecule has 2 saturated heterocycles. The average Bonchev–Trinajstić information content (AvgIpc) is 3.19. The zero-order valence-corrected chi connectivity index (χ0v) is 13.3. The summed E-state index contributed by atoms with van der Waals surface area (Å²) >= 11 is 0. The minimum atomic E-state index is -0.0889. The fourth-order valence-electron chi connectivity index (χ4n) is 4.52. The lowest BCUT2D eigenvalue weighted by molar-refractivity contribution is -0.106. The lowest BCUT2D eigenvalue weighted by Gasteiger charge is -2.33. The van der Waals surface area contributed by atoms with Crippen LogP contribution in [-0.2, 0) is 9.47 Å². The van der Waals surface area contributed by atoms with E-state index in [1.807, 2.05) is 6.08 Å². The molecule has 3 aliphatic rings. The standard InChI is InChI=1S/C20H24O2/c1-3-11-19-12-13-20(4-2,22-19)18(14-19)21-17-10-9-15-7-5-6-8-16(15)17/h3,5-10,17-18H,1,4,11-14H2,2H3. The van der Waals surface area contributed by atoms with E-state index < -0.39 is 0 Å². The molecule has 116 valence electrons. The maximum Gasteiger partial charge on any atom is 0.102 e. The first-order chi connectivity index (χ1) is 10.7. The minimum absolute atomic E-state index is 0.0235. The summed E-state index contributed by atoms with van der Waals surface area (Å²) in [5.74, 6) is 0. The van der Waals surface area contributed by atoms with E-state index in [0.29, 0.717) is 0 Å². The van der Waals surface area contributed by atoms with Crippen molar-refractivity contribution in [2.75, 3.05) is 0 Å². The van der Waals surface area contributed by atoms with Crippen LogP contribution in [0.5, 0.6) is 0 Å². The fraction of sp³-hybridized carbons (Fsp3) is 0.500. The van der Waals surface area contributed by atoms with Gasteiger partial charge in [0.05, 0.1) is 17.3 Å². The molecular formula is C20H24O2. The Labute approximate surface area is 132 Å². The topological polar surface area (TPSA) is 18.5 Å². The molecule has 4 rings (SSSR count). The SMILES string of the molecule is C=CCC12CCC(CC)(O1)C(OC1C=Cc3ccccc31)C2. The van der Waals surface area contributed by atoms with Crippen molar-refractivity contribution in [3.05, 3.63) is 54.1 Å². The van der Waals surface area contributed by atoms with E-state index in [0.717, 1.165) is 32.1 Å². The number of hydrogen-bond donors (Lipinski definition) is 0. The Morgan fingerprint density at radius 2 is 2.23 bits per heavy atom. The molecular weight excluding hydrogens is 272 g/mol. The van der Waals surface area contributed by atoms with Gasteiger partial charge in [0.25, 0.3) is 0 Å². The Kier molecular flexibility index (Phi) is 3.28. The van der Waals surface area contributed by atoms with Gasteiger partial charge in [-0.25, -0.2) is 0 Å². The van der Waals surface area contributed by atoms with Gasteiger partial charge in [0, 0.05) is 6.42 Å². The Morgan fingerprint density at radius 1 is 1.36 bits per heavy atom. The molecule has 0 spiro atoms.